The third-order valence-electron chi connectivity index (χ3n) is 4.06. The SMILES string of the molecule is Cn1cc(CNCC2(CO)CC2)c(-c2ccccc2)n1. The average molecular weight is 271 g/mol. The minimum atomic E-state index is 0.148. The van der Waals surface area contributed by atoms with Crippen molar-refractivity contribution in [2.75, 3.05) is 13.2 Å². The number of benzene rings is 1. The summed E-state index contributed by atoms with van der Waals surface area (Å²) in [6.07, 6.45) is 4.33. The fraction of sp³-hybridized carbons (Fsp3) is 0.438. The standard InChI is InChI=1S/C16H21N3O/c1-19-10-14(9-17-11-16(12-20)7-8-16)15(18-19)13-5-3-2-4-6-13/h2-6,10,17,20H,7-9,11-12H2,1H3. The van der Waals surface area contributed by atoms with Gasteiger partial charge in [-0.1, -0.05) is 30.3 Å². The second-order valence-electron chi connectivity index (χ2n) is 5.80. The van der Waals surface area contributed by atoms with E-state index in [9.17, 15) is 5.11 Å². The van der Waals surface area contributed by atoms with Gasteiger partial charge in [0.15, 0.2) is 0 Å². The van der Waals surface area contributed by atoms with E-state index < -0.39 is 0 Å². The van der Waals surface area contributed by atoms with E-state index in [1.165, 1.54) is 5.56 Å². The molecule has 0 saturated heterocycles. The maximum absolute atomic E-state index is 9.33. The number of aliphatic hydroxyl groups is 1. The lowest BCUT2D eigenvalue weighted by Gasteiger charge is -2.12. The Morgan fingerprint density at radius 3 is 2.70 bits per heavy atom. The lowest BCUT2D eigenvalue weighted by molar-refractivity contribution is 0.207. The van der Waals surface area contributed by atoms with Gasteiger partial charge in [-0.25, -0.2) is 0 Å². The highest BCUT2D eigenvalue weighted by Gasteiger charge is 2.41. The summed E-state index contributed by atoms with van der Waals surface area (Å²) in [5.74, 6) is 0. The van der Waals surface area contributed by atoms with E-state index in [2.05, 4.69) is 28.7 Å². The van der Waals surface area contributed by atoms with Crippen molar-refractivity contribution in [1.29, 1.82) is 0 Å². The van der Waals surface area contributed by atoms with Gasteiger partial charge in [0.1, 0.15) is 0 Å². The highest BCUT2D eigenvalue weighted by molar-refractivity contribution is 5.62. The molecular formula is C16H21N3O. The molecule has 1 heterocycles. The van der Waals surface area contributed by atoms with Gasteiger partial charge in [-0.05, 0) is 12.8 Å². The number of aliphatic hydroxyl groups excluding tert-OH is 1. The zero-order valence-electron chi connectivity index (χ0n) is 11.8. The predicted molar refractivity (Wildman–Crippen MR) is 79.1 cm³/mol. The third-order valence-corrected chi connectivity index (χ3v) is 4.06. The Morgan fingerprint density at radius 1 is 1.30 bits per heavy atom. The number of rotatable bonds is 6. The van der Waals surface area contributed by atoms with Crippen molar-refractivity contribution in [1.82, 2.24) is 15.1 Å². The molecular weight excluding hydrogens is 250 g/mol. The average Bonchev–Trinajstić information content (AvgIpc) is 3.16. The first kappa shape index (κ1) is 13.3. The smallest absolute Gasteiger partial charge is 0.0967 e. The summed E-state index contributed by atoms with van der Waals surface area (Å²) in [4.78, 5) is 0. The van der Waals surface area contributed by atoms with Crippen molar-refractivity contribution in [2.24, 2.45) is 12.5 Å². The van der Waals surface area contributed by atoms with Crippen molar-refractivity contribution in [3.63, 3.8) is 0 Å². The molecule has 0 bridgehead atoms. The van der Waals surface area contributed by atoms with Crippen molar-refractivity contribution >= 4 is 0 Å². The fourth-order valence-electron chi connectivity index (χ4n) is 2.54. The molecule has 0 amide bonds. The molecule has 3 rings (SSSR count). The molecule has 1 saturated carbocycles. The first-order valence-corrected chi connectivity index (χ1v) is 7.12. The van der Waals surface area contributed by atoms with Crippen LogP contribution in [-0.4, -0.2) is 28.0 Å². The molecule has 0 spiro atoms. The number of nitrogens with one attached hydrogen (secondary N) is 1. The molecule has 0 unspecified atom stereocenters. The molecule has 2 N–H and O–H groups in total. The van der Waals surface area contributed by atoms with Gasteiger partial charge >= 0.3 is 0 Å². The van der Waals surface area contributed by atoms with Gasteiger partial charge in [0.2, 0.25) is 0 Å². The highest BCUT2D eigenvalue weighted by Crippen LogP contribution is 2.44. The normalized spacial score (nSPS) is 16.3. The Labute approximate surface area is 119 Å². The first-order valence-electron chi connectivity index (χ1n) is 7.12. The molecule has 1 aliphatic carbocycles. The lowest BCUT2D eigenvalue weighted by atomic mass is 10.1. The number of nitrogens with zero attached hydrogens (tertiary/aromatic N) is 2. The maximum atomic E-state index is 9.33. The number of aryl methyl sites for hydroxylation is 1. The van der Waals surface area contributed by atoms with E-state index in [0.29, 0.717) is 6.61 Å². The van der Waals surface area contributed by atoms with Crippen LogP contribution in [0.1, 0.15) is 18.4 Å². The van der Waals surface area contributed by atoms with Crippen LogP contribution >= 0.6 is 0 Å². The van der Waals surface area contributed by atoms with E-state index in [4.69, 9.17) is 0 Å². The number of hydrogen-bond acceptors (Lipinski definition) is 3. The Kier molecular flexibility index (Phi) is 3.59. The quantitative estimate of drug-likeness (QED) is 0.844. The van der Waals surface area contributed by atoms with Crippen molar-refractivity contribution in [3.05, 3.63) is 42.1 Å². The molecule has 0 aliphatic heterocycles. The maximum Gasteiger partial charge on any atom is 0.0967 e. The molecule has 106 valence electrons. The molecule has 4 heteroatoms. The van der Waals surface area contributed by atoms with Crippen LogP contribution < -0.4 is 5.32 Å². The molecule has 1 fully saturated rings. The van der Waals surface area contributed by atoms with E-state index >= 15 is 0 Å². The first-order chi connectivity index (χ1) is 9.72. The zero-order valence-corrected chi connectivity index (χ0v) is 11.8. The summed E-state index contributed by atoms with van der Waals surface area (Å²) >= 11 is 0. The molecule has 4 nitrogen and oxygen atoms in total. The molecule has 2 aromatic rings. The van der Waals surface area contributed by atoms with Crippen LogP contribution in [0.4, 0.5) is 0 Å². The molecule has 20 heavy (non-hydrogen) atoms. The Balaban J connectivity index is 1.70. The van der Waals surface area contributed by atoms with Gasteiger partial charge in [0.05, 0.1) is 5.69 Å². The number of aromatic nitrogens is 2. The fourth-order valence-corrected chi connectivity index (χ4v) is 2.54. The number of hydrogen-bond donors (Lipinski definition) is 2. The molecule has 0 radical (unpaired) electrons. The largest absolute Gasteiger partial charge is 0.396 e. The third kappa shape index (κ3) is 2.76. The van der Waals surface area contributed by atoms with Crippen LogP contribution in [0.25, 0.3) is 11.3 Å². The Hall–Kier alpha value is -1.65. The molecule has 1 aromatic heterocycles. The van der Waals surface area contributed by atoms with Gasteiger partial charge in [-0.2, -0.15) is 5.10 Å². The second kappa shape index (κ2) is 5.38. The minimum Gasteiger partial charge on any atom is -0.396 e. The Bertz CT molecular complexity index is 573. The van der Waals surface area contributed by atoms with E-state index in [-0.39, 0.29) is 5.41 Å². The predicted octanol–water partition coefficient (Wildman–Crippen LogP) is 1.95. The monoisotopic (exact) mass is 271 g/mol. The van der Waals surface area contributed by atoms with Crippen LogP contribution in [0.15, 0.2) is 36.5 Å². The molecule has 0 atom stereocenters. The van der Waals surface area contributed by atoms with E-state index in [1.54, 1.807) is 0 Å². The molecule has 1 aliphatic rings. The topological polar surface area (TPSA) is 50.1 Å². The Morgan fingerprint density at radius 2 is 2.05 bits per heavy atom. The van der Waals surface area contributed by atoms with Crippen molar-refractivity contribution in [2.45, 2.75) is 19.4 Å². The minimum absolute atomic E-state index is 0.148. The second-order valence-corrected chi connectivity index (χ2v) is 5.80. The zero-order chi connectivity index (χ0) is 14.0. The summed E-state index contributed by atoms with van der Waals surface area (Å²) < 4.78 is 1.86. The van der Waals surface area contributed by atoms with E-state index in [1.807, 2.05) is 29.9 Å². The summed E-state index contributed by atoms with van der Waals surface area (Å²) in [6, 6.07) is 10.3. The summed E-state index contributed by atoms with van der Waals surface area (Å²) in [6.45, 7) is 1.96. The van der Waals surface area contributed by atoms with Crippen LogP contribution in [0.5, 0.6) is 0 Å². The summed E-state index contributed by atoms with van der Waals surface area (Å²) in [5, 5.41) is 17.4. The summed E-state index contributed by atoms with van der Waals surface area (Å²) in [5.41, 5.74) is 3.53. The van der Waals surface area contributed by atoms with Gasteiger partial charge in [0, 0.05) is 49.5 Å². The van der Waals surface area contributed by atoms with Gasteiger partial charge in [-0.15, -0.1) is 0 Å². The van der Waals surface area contributed by atoms with Crippen molar-refractivity contribution in [3.8, 4) is 11.3 Å². The van der Waals surface area contributed by atoms with Gasteiger partial charge in [-0.3, -0.25) is 4.68 Å². The van der Waals surface area contributed by atoms with Crippen LogP contribution in [0.2, 0.25) is 0 Å². The van der Waals surface area contributed by atoms with Crippen LogP contribution in [0.3, 0.4) is 0 Å². The lowest BCUT2D eigenvalue weighted by Crippen LogP contribution is -2.26. The van der Waals surface area contributed by atoms with Gasteiger partial charge < -0.3 is 10.4 Å². The van der Waals surface area contributed by atoms with Crippen molar-refractivity contribution < 1.29 is 5.11 Å². The van der Waals surface area contributed by atoms with Gasteiger partial charge in [0.25, 0.3) is 0 Å². The van der Waals surface area contributed by atoms with Crippen LogP contribution in [0, 0.1) is 5.41 Å². The highest BCUT2D eigenvalue weighted by atomic mass is 16.3. The van der Waals surface area contributed by atoms with E-state index in [0.717, 1.165) is 37.2 Å². The summed E-state index contributed by atoms with van der Waals surface area (Å²) in [7, 11) is 1.95. The van der Waals surface area contributed by atoms with Crippen LogP contribution in [-0.2, 0) is 13.6 Å². The molecule has 1 aromatic carbocycles.